The van der Waals surface area contributed by atoms with Crippen LogP contribution in [0.4, 0.5) is 0 Å². The zero-order valence-corrected chi connectivity index (χ0v) is 10.3. The van der Waals surface area contributed by atoms with Crippen molar-refractivity contribution in [3.63, 3.8) is 0 Å². The number of nitrogens with zero attached hydrogens (tertiary/aromatic N) is 2. The highest BCUT2D eigenvalue weighted by Gasteiger charge is 2.24. The van der Waals surface area contributed by atoms with Gasteiger partial charge in [0.1, 0.15) is 0 Å². The summed E-state index contributed by atoms with van der Waals surface area (Å²) >= 11 is 6.14. The van der Waals surface area contributed by atoms with Gasteiger partial charge in [0.15, 0.2) is 0 Å². The van der Waals surface area contributed by atoms with E-state index in [9.17, 15) is 5.11 Å². The Labute approximate surface area is 106 Å². The highest BCUT2D eigenvalue weighted by Crippen LogP contribution is 2.24. The predicted molar refractivity (Wildman–Crippen MR) is 66.7 cm³/mol. The van der Waals surface area contributed by atoms with Crippen LogP contribution in [0.2, 0.25) is 5.02 Å². The van der Waals surface area contributed by atoms with Gasteiger partial charge in [0.25, 0.3) is 0 Å². The van der Waals surface area contributed by atoms with Crippen LogP contribution in [-0.4, -0.2) is 29.2 Å². The third-order valence-corrected chi connectivity index (χ3v) is 3.62. The fraction of sp³-hybridized carbons (Fsp3) is 0.462. The summed E-state index contributed by atoms with van der Waals surface area (Å²) in [5, 5.41) is 18.6. The molecule has 0 aliphatic carbocycles. The predicted octanol–water partition coefficient (Wildman–Crippen LogP) is 2.17. The van der Waals surface area contributed by atoms with E-state index in [0.717, 1.165) is 31.5 Å². The molecule has 3 nitrogen and oxygen atoms in total. The van der Waals surface area contributed by atoms with E-state index in [-0.39, 0.29) is 12.6 Å². The van der Waals surface area contributed by atoms with E-state index in [2.05, 4.69) is 11.0 Å². The molecular formula is C13H15ClN2O. The Morgan fingerprint density at radius 1 is 1.53 bits per heavy atom. The molecule has 1 unspecified atom stereocenters. The number of nitriles is 1. The molecule has 0 amide bonds. The summed E-state index contributed by atoms with van der Waals surface area (Å²) in [6, 6.07) is 7.70. The fourth-order valence-corrected chi connectivity index (χ4v) is 2.51. The van der Waals surface area contributed by atoms with Gasteiger partial charge in [0.05, 0.1) is 18.2 Å². The number of hydrogen-bond acceptors (Lipinski definition) is 3. The molecule has 0 saturated carbocycles. The van der Waals surface area contributed by atoms with Crippen molar-refractivity contribution in [3.8, 4) is 6.07 Å². The molecule has 1 fully saturated rings. The number of halogens is 1. The van der Waals surface area contributed by atoms with Crippen LogP contribution in [0.1, 0.15) is 24.0 Å². The first-order valence-corrected chi connectivity index (χ1v) is 6.16. The van der Waals surface area contributed by atoms with E-state index < -0.39 is 0 Å². The SMILES string of the molecule is N#Cc1ccc(CN2CCCC2CO)c(Cl)c1. The summed E-state index contributed by atoms with van der Waals surface area (Å²) in [7, 11) is 0. The topological polar surface area (TPSA) is 47.3 Å². The number of likely N-dealkylation sites (tertiary alicyclic amines) is 1. The van der Waals surface area contributed by atoms with Gasteiger partial charge in [-0.05, 0) is 37.1 Å². The first kappa shape index (κ1) is 12.4. The van der Waals surface area contributed by atoms with E-state index in [1.165, 1.54) is 0 Å². The molecule has 0 radical (unpaired) electrons. The molecule has 1 aromatic carbocycles. The lowest BCUT2D eigenvalue weighted by Gasteiger charge is -2.23. The fourth-order valence-electron chi connectivity index (χ4n) is 2.27. The van der Waals surface area contributed by atoms with E-state index in [0.29, 0.717) is 10.6 Å². The molecule has 0 aromatic heterocycles. The van der Waals surface area contributed by atoms with Crippen molar-refractivity contribution in [1.82, 2.24) is 4.90 Å². The number of aliphatic hydroxyl groups excluding tert-OH is 1. The summed E-state index contributed by atoms with van der Waals surface area (Å²) in [6.07, 6.45) is 2.17. The first-order chi connectivity index (χ1) is 8.24. The van der Waals surface area contributed by atoms with Crippen LogP contribution in [-0.2, 0) is 6.54 Å². The second kappa shape index (κ2) is 5.50. The Kier molecular flexibility index (Phi) is 4.01. The quantitative estimate of drug-likeness (QED) is 0.894. The molecule has 2 rings (SSSR count). The van der Waals surface area contributed by atoms with Crippen LogP contribution in [0, 0.1) is 11.3 Å². The van der Waals surface area contributed by atoms with Crippen LogP contribution in [0.15, 0.2) is 18.2 Å². The number of hydrogen-bond donors (Lipinski definition) is 1. The maximum atomic E-state index is 9.25. The molecule has 1 atom stereocenters. The molecular weight excluding hydrogens is 236 g/mol. The van der Waals surface area contributed by atoms with E-state index >= 15 is 0 Å². The first-order valence-electron chi connectivity index (χ1n) is 5.78. The Balaban J connectivity index is 2.11. The maximum absolute atomic E-state index is 9.25. The molecule has 1 aliphatic heterocycles. The zero-order valence-electron chi connectivity index (χ0n) is 9.56. The minimum absolute atomic E-state index is 0.202. The monoisotopic (exact) mass is 250 g/mol. The van der Waals surface area contributed by atoms with Crippen LogP contribution in [0.3, 0.4) is 0 Å². The van der Waals surface area contributed by atoms with Crippen molar-refractivity contribution in [2.24, 2.45) is 0 Å². The molecule has 0 bridgehead atoms. The van der Waals surface area contributed by atoms with E-state index in [1.54, 1.807) is 12.1 Å². The maximum Gasteiger partial charge on any atom is 0.0992 e. The van der Waals surface area contributed by atoms with Crippen LogP contribution < -0.4 is 0 Å². The van der Waals surface area contributed by atoms with Crippen molar-refractivity contribution in [1.29, 1.82) is 5.26 Å². The van der Waals surface area contributed by atoms with Gasteiger partial charge in [-0.2, -0.15) is 5.26 Å². The van der Waals surface area contributed by atoms with Gasteiger partial charge in [0, 0.05) is 17.6 Å². The lowest BCUT2D eigenvalue weighted by molar-refractivity contribution is 0.153. The second-order valence-electron chi connectivity index (χ2n) is 4.37. The van der Waals surface area contributed by atoms with Crippen molar-refractivity contribution in [2.45, 2.75) is 25.4 Å². The average molecular weight is 251 g/mol. The molecule has 17 heavy (non-hydrogen) atoms. The number of rotatable bonds is 3. The van der Waals surface area contributed by atoms with E-state index in [1.807, 2.05) is 6.07 Å². The largest absolute Gasteiger partial charge is 0.395 e. The molecule has 90 valence electrons. The third-order valence-electron chi connectivity index (χ3n) is 3.27. The van der Waals surface area contributed by atoms with Gasteiger partial charge < -0.3 is 5.11 Å². The Bertz CT molecular complexity index is 442. The Morgan fingerprint density at radius 3 is 3.00 bits per heavy atom. The highest BCUT2D eigenvalue weighted by atomic mass is 35.5. The van der Waals surface area contributed by atoms with Crippen LogP contribution in [0.25, 0.3) is 0 Å². The molecule has 1 aliphatic rings. The average Bonchev–Trinajstić information content (AvgIpc) is 2.79. The summed E-state index contributed by atoms with van der Waals surface area (Å²) in [5.74, 6) is 0. The molecule has 1 aromatic rings. The van der Waals surface area contributed by atoms with Crippen LogP contribution >= 0.6 is 11.6 Å². The standard InChI is InChI=1S/C13H15ClN2O/c14-13-6-10(7-15)3-4-11(13)8-16-5-1-2-12(16)9-17/h3-4,6,12,17H,1-2,5,8-9H2. The summed E-state index contributed by atoms with van der Waals surface area (Å²) < 4.78 is 0. The lowest BCUT2D eigenvalue weighted by atomic mass is 10.1. The van der Waals surface area contributed by atoms with Crippen molar-refractivity contribution in [2.75, 3.05) is 13.2 Å². The smallest absolute Gasteiger partial charge is 0.0992 e. The summed E-state index contributed by atoms with van der Waals surface area (Å²) in [6.45, 7) is 1.95. The van der Waals surface area contributed by atoms with Crippen molar-refractivity contribution < 1.29 is 5.11 Å². The minimum atomic E-state index is 0.202. The van der Waals surface area contributed by atoms with Gasteiger partial charge in [-0.25, -0.2) is 0 Å². The number of aliphatic hydroxyl groups is 1. The van der Waals surface area contributed by atoms with Crippen molar-refractivity contribution in [3.05, 3.63) is 34.3 Å². The molecule has 1 saturated heterocycles. The summed E-state index contributed by atoms with van der Waals surface area (Å²) in [4.78, 5) is 2.24. The Hall–Kier alpha value is -1.08. The summed E-state index contributed by atoms with van der Waals surface area (Å²) in [5.41, 5.74) is 1.60. The van der Waals surface area contributed by atoms with Gasteiger partial charge in [-0.3, -0.25) is 4.90 Å². The third kappa shape index (κ3) is 2.78. The van der Waals surface area contributed by atoms with Crippen molar-refractivity contribution >= 4 is 11.6 Å². The Morgan fingerprint density at radius 2 is 2.35 bits per heavy atom. The molecule has 1 N–H and O–H groups in total. The van der Waals surface area contributed by atoms with Gasteiger partial charge in [-0.15, -0.1) is 0 Å². The minimum Gasteiger partial charge on any atom is -0.395 e. The van der Waals surface area contributed by atoms with Gasteiger partial charge in [-0.1, -0.05) is 17.7 Å². The van der Waals surface area contributed by atoms with E-state index in [4.69, 9.17) is 16.9 Å². The normalized spacial score (nSPS) is 20.4. The molecule has 0 spiro atoms. The lowest BCUT2D eigenvalue weighted by Crippen LogP contribution is -2.31. The highest BCUT2D eigenvalue weighted by molar-refractivity contribution is 6.31. The van der Waals surface area contributed by atoms with Gasteiger partial charge >= 0.3 is 0 Å². The van der Waals surface area contributed by atoms with Crippen LogP contribution in [0.5, 0.6) is 0 Å². The molecule has 4 heteroatoms. The number of benzene rings is 1. The zero-order chi connectivity index (χ0) is 12.3. The van der Waals surface area contributed by atoms with Gasteiger partial charge in [0.2, 0.25) is 0 Å². The second-order valence-corrected chi connectivity index (χ2v) is 4.77. The molecule has 1 heterocycles.